The molecule has 0 spiro atoms. The number of amides is 1. The summed E-state index contributed by atoms with van der Waals surface area (Å²) in [4.78, 5) is 29.3. The van der Waals surface area contributed by atoms with Crippen molar-refractivity contribution in [2.45, 2.75) is 26.8 Å². The number of aryl methyl sites for hydroxylation is 1. The second-order valence-electron chi connectivity index (χ2n) is 4.73. The maximum Gasteiger partial charge on any atom is 0.337 e. The minimum absolute atomic E-state index is 0.0645. The van der Waals surface area contributed by atoms with Crippen LogP contribution in [0.25, 0.3) is 11.0 Å². The second-order valence-corrected chi connectivity index (χ2v) is 4.73. The van der Waals surface area contributed by atoms with Crippen LogP contribution in [0.4, 0.5) is 0 Å². The average molecular weight is 289 g/mol. The normalized spacial score (nSPS) is 10.8. The molecule has 0 bridgehead atoms. The zero-order valence-electron chi connectivity index (χ0n) is 12.2. The van der Waals surface area contributed by atoms with Crippen LogP contribution >= 0.6 is 0 Å². The van der Waals surface area contributed by atoms with Gasteiger partial charge in [0, 0.05) is 26.1 Å². The van der Waals surface area contributed by atoms with Crippen LogP contribution < -0.4 is 0 Å². The molecule has 0 fully saturated rings. The first-order chi connectivity index (χ1) is 10.1. The van der Waals surface area contributed by atoms with Crippen molar-refractivity contribution in [3.63, 3.8) is 0 Å². The molecule has 1 aromatic carbocycles. The third-order valence-electron chi connectivity index (χ3n) is 3.55. The van der Waals surface area contributed by atoms with E-state index in [0.29, 0.717) is 37.1 Å². The van der Waals surface area contributed by atoms with Gasteiger partial charge in [0.05, 0.1) is 22.9 Å². The van der Waals surface area contributed by atoms with Gasteiger partial charge in [0.1, 0.15) is 0 Å². The topological polar surface area (TPSA) is 75.4 Å². The summed E-state index contributed by atoms with van der Waals surface area (Å²) in [6.07, 6.45) is 1.92. The molecular weight excluding hydrogens is 270 g/mol. The number of carbonyl (C=O) groups excluding carboxylic acids is 1. The Morgan fingerprint density at radius 3 is 2.62 bits per heavy atom. The number of aromatic nitrogens is 2. The molecule has 1 aromatic heterocycles. The molecule has 0 radical (unpaired) electrons. The summed E-state index contributed by atoms with van der Waals surface area (Å²) in [6.45, 7) is 5.67. The molecule has 1 amide bonds. The fraction of sp³-hybridized carbons (Fsp3) is 0.400. The summed E-state index contributed by atoms with van der Waals surface area (Å²) < 4.78 is 1.74. The number of carboxylic acids is 1. The van der Waals surface area contributed by atoms with Crippen LogP contribution in [-0.2, 0) is 11.3 Å². The number of para-hydroxylation sites is 1. The molecule has 6 heteroatoms. The Morgan fingerprint density at radius 2 is 2.00 bits per heavy atom. The van der Waals surface area contributed by atoms with Crippen molar-refractivity contribution < 1.29 is 14.7 Å². The molecular formula is C15H19N3O3. The summed E-state index contributed by atoms with van der Waals surface area (Å²) in [5.41, 5.74) is 1.41. The van der Waals surface area contributed by atoms with Gasteiger partial charge in [0.25, 0.3) is 0 Å². The Balaban J connectivity index is 2.23. The Hall–Kier alpha value is -2.37. The lowest BCUT2D eigenvalue weighted by Crippen LogP contribution is -2.31. The molecule has 6 nitrogen and oxygen atoms in total. The lowest BCUT2D eigenvalue weighted by atomic mass is 10.2. The first-order valence-electron chi connectivity index (χ1n) is 7.03. The van der Waals surface area contributed by atoms with Crippen molar-refractivity contribution in [1.29, 1.82) is 0 Å². The van der Waals surface area contributed by atoms with Gasteiger partial charge in [0.15, 0.2) is 0 Å². The molecule has 0 atom stereocenters. The van der Waals surface area contributed by atoms with E-state index in [1.807, 2.05) is 13.8 Å². The van der Waals surface area contributed by atoms with E-state index in [1.54, 1.807) is 34.0 Å². The zero-order valence-corrected chi connectivity index (χ0v) is 12.2. The SMILES string of the molecule is CCN(CC)C(=O)CCn1cnc2cccc(C(=O)O)c21. The van der Waals surface area contributed by atoms with Gasteiger partial charge >= 0.3 is 5.97 Å². The monoisotopic (exact) mass is 289 g/mol. The standard InChI is InChI=1S/C15H19N3O3/c1-3-17(4-2)13(19)8-9-18-10-16-12-7-5-6-11(14(12)18)15(20)21/h5-7,10H,3-4,8-9H2,1-2H3,(H,20,21). The summed E-state index contributed by atoms with van der Waals surface area (Å²) in [6, 6.07) is 4.99. The summed E-state index contributed by atoms with van der Waals surface area (Å²) in [5, 5.41) is 9.25. The van der Waals surface area contributed by atoms with Gasteiger partial charge in [-0.3, -0.25) is 4.79 Å². The number of carboxylic acid groups (broad SMARTS) is 1. The molecule has 21 heavy (non-hydrogen) atoms. The number of aromatic carboxylic acids is 1. The predicted molar refractivity (Wildman–Crippen MR) is 79.2 cm³/mol. The molecule has 0 unspecified atom stereocenters. The number of rotatable bonds is 6. The highest BCUT2D eigenvalue weighted by molar-refractivity contribution is 6.01. The minimum Gasteiger partial charge on any atom is -0.478 e. The molecule has 2 rings (SSSR count). The fourth-order valence-electron chi connectivity index (χ4n) is 2.42. The van der Waals surface area contributed by atoms with Crippen LogP contribution in [0.15, 0.2) is 24.5 Å². The molecule has 0 saturated carbocycles. The molecule has 112 valence electrons. The van der Waals surface area contributed by atoms with Crippen LogP contribution in [-0.4, -0.2) is 44.5 Å². The largest absolute Gasteiger partial charge is 0.478 e. The highest BCUT2D eigenvalue weighted by Gasteiger charge is 2.15. The minimum atomic E-state index is -0.989. The van der Waals surface area contributed by atoms with E-state index in [0.717, 1.165) is 0 Å². The van der Waals surface area contributed by atoms with E-state index >= 15 is 0 Å². The molecule has 0 aliphatic carbocycles. The van der Waals surface area contributed by atoms with Crippen molar-refractivity contribution in [1.82, 2.24) is 14.5 Å². The highest BCUT2D eigenvalue weighted by Crippen LogP contribution is 2.18. The molecule has 0 saturated heterocycles. The zero-order chi connectivity index (χ0) is 15.4. The lowest BCUT2D eigenvalue weighted by Gasteiger charge is -2.18. The number of hydrogen-bond acceptors (Lipinski definition) is 3. The van der Waals surface area contributed by atoms with Gasteiger partial charge in [-0.05, 0) is 26.0 Å². The van der Waals surface area contributed by atoms with Gasteiger partial charge in [-0.1, -0.05) is 6.07 Å². The third-order valence-corrected chi connectivity index (χ3v) is 3.55. The van der Waals surface area contributed by atoms with Crippen molar-refractivity contribution >= 4 is 22.9 Å². The number of nitrogens with zero attached hydrogens (tertiary/aromatic N) is 3. The van der Waals surface area contributed by atoms with Gasteiger partial charge in [-0.25, -0.2) is 9.78 Å². The Kier molecular flexibility index (Phi) is 4.57. The fourth-order valence-corrected chi connectivity index (χ4v) is 2.42. The highest BCUT2D eigenvalue weighted by atomic mass is 16.4. The molecule has 1 N–H and O–H groups in total. The maximum absolute atomic E-state index is 12.0. The smallest absolute Gasteiger partial charge is 0.337 e. The number of benzene rings is 1. The average Bonchev–Trinajstić information content (AvgIpc) is 2.89. The number of hydrogen-bond donors (Lipinski definition) is 1. The number of fused-ring (bicyclic) bond motifs is 1. The van der Waals surface area contributed by atoms with Gasteiger partial charge in [-0.15, -0.1) is 0 Å². The van der Waals surface area contributed by atoms with Crippen molar-refractivity contribution in [2.24, 2.45) is 0 Å². The van der Waals surface area contributed by atoms with Crippen molar-refractivity contribution in [3.05, 3.63) is 30.1 Å². The Morgan fingerprint density at radius 1 is 1.29 bits per heavy atom. The van der Waals surface area contributed by atoms with E-state index in [9.17, 15) is 14.7 Å². The van der Waals surface area contributed by atoms with Crippen molar-refractivity contribution in [3.8, 4) is 0 Å². The Bertz CT molecular complexity index is 659. The number of carbonyl (C=O) groups is 2. The van der Waals surface area contributed by atoms with Crippen LogP contribution in [0.2, 0.25) is 0 Å². The van der Waals surface area contributed by atoms with E-state index in [-0.39, 0.29) is 11.5 Å². The van der Waals surface area contributed by atoms with Crippen LogP contribution in [0.1, 0.15) is 30.6 Å². The summed E-state index contributed by atoms with van der Waals surface area (Å²) >= 11 is 0. The van der Waals surface area contributed by atoms with Gasteiger partial charge in [-0.2, -0.15) is 0 Å². The van der Waals surface area contributed by atoms with E-state index < -0.39 is 5.97 Å². The van der Waals surface area contributed by atoms with Gasteiger partial charge in [0.2, 0.25) is 5.91 Å². The molecule has 1 heterocycles. The first-order valence-corrected chi connectivity index (χ1v) is 7.03. The maximum atomic E-state index is 12.0. The molecule has 0 aliphatic rings. The Labute approximate surface area is 123 Å². The molecule has 0 aliphatic heterocycles. The summed E-state index contributed by atoms with van der Waals surface area (Å²) in [7, 11) is 0. The predicted octanol–water partition coefficient (Wildman–Crippen LogP) is 1.99. The summed E-state index contributed by atoms with van der Waals surface area (Å²) in [5.74, 6) is -0.924. The molecule has 2 aromatic rings. The van der Waals surface area contributed by atoms with E-state index in [1.165, 1.54) is 0 Å². The quantitative estimate of drug-likeness (QED) is 0.882. The van der Waals surface area contributed by atoms with E-state index in [4.69, 9.17) is 0 Å². The van der Waals surface area contributed by atoms with Crippen LogP contribution in [0.3, 0.4) is 0 Å². The van der Waals surface area contributed by atoms with E-state index in [2.05, 4.69) is 4.98 Å². The van der Waals surface area contributed by atoms with Crippen LogP contribution in [0.5, 0.6) is 0 Å². The van der Waals surface area contributed by atoms with Crippen molar-refractivity contribution in [2.75, 3.05) is 13.1 Å². The second kappa shape index (κ2) is 6.39. The third kappa shape index (κ3) is 3.04. The first kappa shape index (κ1) is 15.0. The van der Waals surface area contributed by atoms with Crippen LogP contribution in [0, 0.1) is 0 Å². The number of imidazole rings is 1. The van der Waals surface area contributed by atoms with Gasteiger partial charge < -0.3 is 14.6 Å². The lowest BCUT2D eigenvalue weighted by molar-refractivity contribution is -0.131.